The van der Waals surface area contributed by atoms with E-state index in [2.05, 4.69) is 15.1 Å². The van der Waals surface area contributed by atoms with Crippen LogP contribution in [0.1, 0.15) is 22.8 Å². The number of fused-ring (bicyclic) bond motifs is 1. The Balaban J connectivity index is 1.68. The van der Waals surface area contributed by atoms with E-state index in [0.717, 1.165) is 11.3 Å². The maximum Gasteiger partial charge on any atom is 0.262 e. The molecule has 0 bridgehead atoms. The predicted octanol–water partition coefficient (Wildman–Crippen LogP) is 3.61. The van der Waals surface area contributed by atoms with E-state index in [4.69, 9.17) is 4.74 Å². The lowest BCUT2D eigenvalue weighted by Gasteiger charge is -2.09. The highest BCUT2D eigenvalue weighted by Gasteiger charge is 2.13. The fourth-order valence-corrected chi connectivity index (χ4v) is 3.82. The van der Waals surface area contributed by atoms with Crippen LogP contribution in [0, 0.1) is 0 Å². The molecule has 0 aliphatic heterocycles. The van der Waals surface area contributed by atoms with E-state index < -0.39 is 0 Å². The van der Waals surface area contributed by atoms with Crippen LogP contribution in [0.3, 0.4) is 0 Å². The minimum atomic E-state index is -0.246. The number of ether oxygens (including phenoxy) is 1. The van der Waals surface area contributed by atoms with Crippen LogP contribution < -0.4 is 10.3 Å². The molecule has 4 rings (SSSR count). The van der Waals surface area contributed by atoms with E-state index in [1.807, 2.05) is 30.3 Å². The molecule has 0 aliphatic carbocycles. The monoisotopic (exact) mass is 406 g/mol. The van der Waals surface area contributed by atoms with Gasteiger partial charge in [0.1, 0.15) is 11.1 Å². The van der Waals surface area contributed by atoms with Gasteiger partial charge in [-0.05, 0) is 37.3 Å². The SMILES string of the molecule is COc1ccc(C(C)=O)cc1CSc1nc2c(cnn2-c2ccccc2)c(=O)[nH]1. The van der Waals surface area contributed by atoms with Gasteiger partial charge in [-0.15, -0.1) is 0 Å². The molecule has 0 spiro atoms. The second-order valence-electron chi connectivity index (χ2n) is 6.37. The van der Waals surface area contributed by atoms with Crippen LogP contribution in [-0.2, 0) is 5.75 Å². The molecular formula is C21H18N4O3S. The summed E-state index contributed by atoms with van der Waals surface area (Å²) < 4.78 is 7.04. The van der Waals surface area contributed by atoms with E-state index in [9.17, 15) is 9.59 Å². The topological polar surface area (TPSA) is 89.9 Å². The van der Waals surface area contributed by atoms with Gasteiger partial charge in [-0.1, -0.05) is 30.0 Å². The van der Waals surface area contributed by atoms with Crippen molar-refractivity contribution in [2.24, 2.45) is 0 Å². The van der Waals surface area contributed by atoms with Gasteiger partial charge in [-0.3, -0.25) is 9.59 Å². The standard InChI is InChI=1S/C21H18N4O3S/c1-13(26)14-8-9-18(28-2)15(10-14)12-29-21-23-19-17(20(27)24-21)11-22-25(19)16-6-4-3-5-7-16/h3-11H,12H2,1-2H3,(H,23,24,27). The number of Topliss-reactive ketones (excluding diaryl/α,β-unsaturated/α-hetero) is 1. The number of para-hydroxylation sites is 1. The lowest BCUT2D eigenvalue weighted by atomic mass is 10.1. The van der Waals surface area contributed by atoms with E-state index in [0.29, 0.717) is 33.3 Å². The van der Waals surface area contributed by atoms with Crippen LogP contribution in [0.5, 0.6) is 5.75 Å². The van der Waals surface area contributed by atoms with Crippen molar-refractivity contribution in [2.45, 2.75) is 17.8 Å². The average molecular weight is 406 g/mol. The van der Waals surface area contributed by atoms with Gasteiger partial charge in [-0.2, -0.15) is 5.10 Å². The van der Waals surface area contributed by atoms with E-state index in [-0.39, 0.29) is 11.3 Å². The molecule has 1 N–H and O–H groups in total. The fourth-order valence-electron chi connectivity index (χ4n) is 2.98. The lowest BCUT2D eigenvalue weighted by Crippen LogP contribution is -2.10. The molecule has 8 heteroatoms. The van der Waals surface area contributed by atoms with Crippen molar-refractivity contribution in [2.75, 3.05) is 7.11 Å². The van der Waals surface area contributed by atoms with Crippen molar-refractivity contribution in [1.82, 2.24) is 19.7 Å². The third-order valence-corrected chi connectivity index (χ3v) is 5.39. The molecule has 2 aromatic carbocycles. The zero-order valence-electron chi connectivity index (χ0n) is 15.9. The quantitative estimate of drug-likeness (QED) is 0.299. The Labute approximate surface area is 170 Å². The Morgan fingerprint density at radius 1 is 1.21 bits per heavy atom. The largest absolute Gasteiger partial charge is 0.496 e. The van der Waals surface area contributed by atoms with E-state index >= 15 is 0 Å². The number of carbonyl (C=O) groups excluding carboxylic acids is 1. The number of methoxy groups -OCH3 is 1. The van der Waals surface area contributed by atoms with Gasteiger partial charge < -0.3 is 9.72 Å². The Morgan fingerprint density at radius 2 is 2.00 bits per heavy atom. The molecule has 0 saturated heterocycles. The zero-order valence-corrected chi connectivity index (χ0v) is 16.7. The van der Waals surface area contributed by atoms with Gasteiger partial charge >= 0.3 is 0 Å². The highest BCUT2D eigenvalue weighted by molar-refractivity contribution is 7.98. The summed E-state index contributed by atoms with van der Waals surface area (Å²) in [5.74, 6) is 1.15. The van der Waals surface area contributed by atoms with Crippen molar-refractivity contribution in [1.29, 1.82) is 0 Å². The number of benzene rings is 2. The first-order valence-corrected chi connectivity index (χ1v) is 9.89. The van der Waals surface area contributed by atoms with Crippen LogP contribution in [0.25, 0.3) is 16.7 Å². The molecule has 0 atom stereocenters. The molecule has 146 valence electrons. The van der Waals surface area contributed by atoms with Gasteiger partial charge in [-0.25, -0.2) is 9.67 Å². The maximum absolute atomic E-state index is 12.5. The van der Waals surface area contributed by atoms with Crippen LogP contribution in [-0.4, -0.2) is 32.6 Å². The highest BCUT2D eigenvalue weighted by atomic mass is 32.2. The number of carbonyl (C=O) groups is 1. The number of ketones is 1. The smallest absolute Gasteiger partial charge is 0.262 e. The molecule has 0 aliphatic rings. The normalized spacial score (nSPS) is 11.0. The lowest BCUT2D eigenvalue weighted by molar-refractivity contribution is 0.101. The Bertz CT molecular complexity index is 1250. The van der Waals surface area contributed by atoms with Crippen LogP contribution in [0.2, 0.25) is 0 Å². The number of thioether (sulfide) groups is 1. The van der Waals surface area contributed by atoms with Crippen molar-refractivity contribution >= 4 is 28.6 Å². The summed E-state index contributed by atoms with van der Waals surface area (Å²) >= 11 is 1.36. The number of hydrogen-bond acceptors (Lipinski definition) is 6. The average Bonchev–Trinajstić information content (AvgIpc) is 3.17. The minimum Gasteiger partial charge on any atom is -0.496 e. The van der Waals surface area contributed by atoms with Crippen molar-refractivity contribution in [3.63, 3.8) is 0 Å². The van der Waals surface area contributed by atoms with Gasteiger partial charge in [0.05, 0.1) is 19.0 Å². The molecule has 4 aromatic rings. The van der Waals surface area contributed by atoms with E-state index in [1.165, 1.54) is 24.9 Å². The minimum absolute atomic E-state index is 0.0152. The summed E-state index contributed by atoms with van der Waals surface area (Å²) in [4.78, 5) is 31.6. The van der Waals surface area contributed by atoms with Crippen LogP contribution in [0.4, 0.5) is 0 Å². The van der Waals surface area contributed by atoms with Crippen molar-refractivity contribution < 1.29 is 9.53 Å². The Kier molecular flexibility index (Phi) is 5.18. The summed E-state index contributed by atoms with van der Waals surface area (Å²) in [5, 5.41) is 5.20. The first kappa shape index (κ1) is 18.9. The second-order valence-corrected chi connectivity index (χ2v) is 7.34. The molecule has 2 aromatic heterocycles. The van der Waals surface area contributed by atoms with Gasteiger partial charge in [0.2, 0.25) is 0 Å². The molecular weight excluding hydrogens is 388 g/mol. The van der Waals surface area contributed by atoms with Gasteiger partial charge in [0.25, 0.3) is 5.56 Å². The Hall–Kier alpha value is -3.39. The third-order valence-electron chi connectivity index (χ3n) is 4.47. The number of rotatable bonds is 6. The molecule has 29 heavy (non-hydrogen) atoms. The molecule has 7 nitrogen and oxygen atoms in total. The zero-order chi connectivity index (χ0) is 20.4. The molecule has 0 unspecified atom stereocenters. The fraction of sp³-hybridized carbons (Fsp3) is 0.143. The molecule has 0 fully saturated rings. The predicted molar refractivity (Wildman–Crippen MR) is 112 cm³/mol. The summed E-state index contributed by atoms with van der Waals surface area (Å²) in [5.41, 5.74) is 2.54. The summed E-state index contributed by atoms with van der Waals surface area (Å²) in [6, 6.07) is 14.8. The van der Waals surface area contributed by atoms with Crippen LogP contribution in [0.15, 0.2) is 64.7 Å². The number of nitrogens with zero attached hydrogens (tertiary/aromatic N) is 3. The number of aromatic amines is 1. The number of aromatic nitrogens is 4. The third kappa shape index (κ3) is 3.79. The second kappa shape index (κ2) is 7.92. The maximum atomic E-state index is 12.5. The number of H-pyrrole nitrogens is 1. The molecule has 0 amide bonds. The Morgan fingerprint density at radius 3 is 2.72 bits per heavy atom. The summed E-state index contributed by atoms with van der Waals surface area (Å²) in [7, 11) is 1.58. The summed E-state index contributed by atoms with van der Waals surface area (Å²) in [6.45, 7) is 1.52. The molecule has 0 saturated carbocycles. The van der Waals surface area contributed by atoms with Gasteiger partial charge in [0.15, 0.2) is 16.6 Å². The summed E-state index contributed by atoms with van der Waals surface area (Å²) in [6.07, 6.45) is 1.52. The van der Waals surface area contributed by atoms with Crippen molar-refractivity contribution in [3.05, 3.63) is 76.2 Å². The van der Waals surface area contributed by atoms with E-state index in [1.54, 1.807) is 30.0 Å². The van der Waals surface area contributed by atoms with Crippen molar-refractivity contribution in [3.8, 4) is 11.4 Å². The first-order valence-electron chi connectivity index (χ1n) is 8.91. The van der Waals surface area contributed by atoms with Crippen LogP contribution >= 0.6 is 11.8 Å². The first-order chi connectivity index (χ1) is 14.1. The molecule has 2 heterocycles. The number of nitrogens with one attached hydrogen (secondary N) is 1. The van der Waals surface area contributed by atoms with Gasteiger partial charge in [0, 0.05) is 16.9 Å². The highest BCUT2D eigenvalue weighted by Crippen LogP contribution is 2.28. The number of hydrogen-bond donors (Lipinski definition) is 1. The molecule has 0 radical (unpaired) electrons.